The Balaban J connectivity index is 1.96. The summed E-state index contributed by atoms with van der Waals surface area (Å²) in [5.74, 6) is -1.82. The van der Waals surface area contributed by atoms with Gasteiger partial charge in [-0.15, -0.1) is 0 Å². The van der Waals surface area contributed by atoms with Gasteiger partial charge in [-0.25, -0.2) is 4.79 Å². The van der Waals surface area contributed by atoms with E-state index in [4.69, 9.17) is 9.84 Å². The molecule has 116 valence electrons. The summed E-state index contributed by atoms with van der Waals surface area (Å²) in [6, 6.07) is 6.43. The predicted octanol–water partition coefficient (Wildman–Crippen LogP) is 0.738. The van der Waals surface area contributed by atoms with E-state index in [1.807, 2.05) is 0 Å². The molecule has 0 aliphatic carbocycles. The quantitative estimate of drug-likeness (QED) is 0.800. The number of ether oxygens (including phenoxy) is 1. The average molecular weight is 304 g/mol. The first-order valence-electron chi connectivity index (χ1n) is 6.75. The second-order valence-electron chi connectivity index (χ2n) is 4.64. The van der Waals surface area contributed by atoms with Crippen LogP contribution >= 0.6 is 0 Å². The monoisotopic (exact) mass is 304 g/mol. The second-order valence-corrected chi connectivity index (χ2v) is 4.64. The van der Waals surface area contributed by atoms with Crippen molar-refractivity contribution in [2.45, 2.75) is 0 Å². The molecule has 7 heteroatoms. The molecule has 1 saturated heterocycles. The van der Waals surface area contributed by atoms with Gasteiger partial charge < -0.3 is 20.1 Å². The maximum Gasteiger partial charge on any atom is 0.328 e. The maximum atomic E-state index is 12.2. The summed E-state index contributed by atoms with van der Waals surface area (Å²) in [4.78, 5) is 35.7. The summed E-state index contributed by atoms with van der Waals surface area (Å²) in [6.45, 7) is 2.21. The maximum absolute atomic E-state index is 12.2. The standard InChI is InChI=1S/C15H16N2O5/c18-13(5-6-14(19)20)16-12-3-1-11(2-4-12)15(21)17-7-9-22-10-8-17/h1-6H,7-10H2,(H,16,18)(H,19,20)/b6-5+. The Kier molecular flexibility index (Phi) is 5.26. The van der Waals surface area contributed by atoms with E-state index >= 15 is 0 Å². The van der Waals surface area contributed by atoms with Crippen molar-refractivity contribution in [3.8, 4) is 0 Å². The van der Waals surface area contributed by atoms with E-state index in [2.05, 4.69) is 5.32 Å². The normalized spacial score (nSPS) is 14.8. The van der Waals surface area contributed by atoms with Gasteiger partial charge in [0.1, 0.15) is 0 Å². The number of carboxylic acids is 1. The van der Waals surface area contributed by atoms with Gasteiger partial charge in [0.25, 0.3) is 5.91 Å². The minimum atomic E-state index is -1.19. The Morgan fingerprint density at radius 2 is 1.73 bits per heavy atom. The van der Waals surface area contributed by atoms with Crippen molar-refractivity contribution in [1.29, 1.82) is 0 Å². The summed E-state index contributed by atoms with van der Waals surface area (Å²) in [5, 5.41) is 10.9. The highest BCUT2D eigenvalue weighted by Gasteiger charge is 2.18. The van der Waals surface area contributed by atoms with Crippen LogP contribution in [0.4, 0.5) is 5.69 Å². The Morgan fingerprint density at radius 1 is 1.09 bits per heavy atom. The molecule has 0 atom stereocenters. The third-order valence-electron chi connectivity index (χ3n) is 3.07. The molecule has 1 aliphatic heterocycles. The minimum absolute atomic E-state index is 0.0769. The van der Waals surface area contributed by atoms with Gasteiger partial charge in [0.05, 0.1) is 13.2 Å². The molecule has 0 radical (unpaired) electrons. The van der Waals surface area contributed by atoms with Gasteiger partial charge in [0.15, 0.2) is 0 Å². The Hall–Kier alpha value is -2.67. The van der Waals surface area contributed by atoms with Crippen molar-refractivity contribution >= 4 is 23.5 Å². The molecule has 0 unspecified atom stereocenters. The first kappa shape index (κ1) is 15.7. The van der Waals surface area contributed by atoms with E-state index < -0.39 is 11.9 Å². The summed E-state index contributed by atoms with van der Waals surface area (Å²) in [7, 11) is 0. The third kappa shape index (κ3) is 4.42. The van der Waals surface area contributed by atoms with Crippen LogP contribution in [0.5, 0.6) is 0 Å². The van der Waals surface area contributed by atoms with E-state index in [1.54, 1.807) is 29.2 Å². The van der Waals surface area contributed by atoms with E-state index in [9.17, 15) is 14.4 Å². The lowest BCUT2D eigenvalue weighted by Gasteiger charge is -2.26. The molecule has 1 aromatic rings. The van der Waals surface area contributed by atoms with Gasteiger partial charge in [0.2, 0.25) is 5.91 Å². The van der Waals surface area contributed by atoms with Crippen LogP contribution < -0.4 is 5.32 Å². The molecule has 1 heterocycles. The summed E-state index contributed by atoms with van der Waals surface area (Å²) in [6.07, 6.45) is 1.68. The van der Waals surface area contributed by atoms with Crippen molar-refractivity contribution in [2.75, 3.05) is 31.6 Å². The number of nitrogens with one attached hydrogen (secondary N) is 1. The van der Waals surface area contributed by atoms with Gasteiger partial charge in [0, 0.05) is 36.5 Å². The van der Waals surface area contributed by atoms with Crippen LogP contribution in [0, 0.1) is 0 Å². The average Bonchev–Trinajstić information content (AvgIpc) is 2.54. The minimum Gasteiger partial charge on any atom is -0.478 e. The molecular weight excluding hydrogens is 288 g/mol. The number of morpholine rings is 1. The van der Waals surface area contributed by atoms with Crippen LogP contribution in [0.2, 0.25) is 0 Å². The van der Waals surface area contributed by atoms with Crippen LogP contribution in [0.1, 0.15) is 10.4 Å². The second kappa shape index (κ2) is 7.37. The van der Waals surface area contributed by atoms with Gasteiger partial charge in [-0.3, -0.25) is 9.59 Å². The van der Waals surface area contributed by atoms with Gasteiger partial charge in [-0.05, 0) is 24.3 Å². The van der Waals surface area contributed by atoms with Crippen molar-refractivity contribution in [3.05, 3.63) is 42.0 Å². The molecule has 1 aliphatic rings. The molecule has 0 aromatic heterocycles. The summed E-state index contributed by atoms with van der Waals surface area (Å²) < 4.78 is 5.20. The van der Waals surface area contributed by atoms with Crippen LogP contribution in [0.15, 0.2) is 36.4 Å². The Bertz CT molecular complexity index is 588. The summed E-state index contributed by atoms with van der Waals surface area (Å²) >= 11 is 0. The van der Waals surface area contributed by atoms with Crippen molar-refractivity contribution in [1.82, 2.24) is 4.90 Å². The molecule has 0 spiro atoms. The lowest BCUT2D eigenvalue weighted by atomic mass is 10.1. The SMILES string of the molecule is O=C(O)/C=C/C(=O)Nc1ccc(C(=O)N2CCOCC2)cc1. The van der Waals surface area contributed by atoms with Crippen LogP contribution in [-0.4, -0.2) is 54.1 Å². The smallest absolute Gasteiger partial charge is 0.328 e. The molecule has 2 rings (SSSR count). The molecule has 0 bridgehead atoms. The number of aliphatic carboxylic acids is 1. The van der Waals surface area contributed by atoms with Crippen molar-refractivity contribution in [2.24, 2.45) is 0 Å². The van der Waals surface area contributed by atoms with E-state index in [0.29, 0.717) is 37.6 Å². The molecule has 7 nitrogen and oxygen atoms in total. The fraction of sp³-hybridized carbons (Fsp3) is 0.267. The van der Waals surface area contributed by atoms with Crippen molar-refractivity contribution < 1.29 is 24.2 Å². The van der Waals surface area contributed by atoms with Gasteiger partial charge in [-0.1, -0.05) is 0 Å². The highest BCUT2D eigenvalue weighted by molar-refractivity contribution is 6.02. The fourth-order valence-corrected chi connectivity index (χ4v) is 1.98. The fourth-order valence-electron chi connectivity index (χ4n) is 1.98. The number of carbonyl (C=O) groups is 3. The third-order valence-corrected chi connectivity index (χ3v) is 3.07. The van der Waals surface area contributed by atoms with E-state index in [-0.39, 0.29) is 5.91 Å². The first-order chi connectivity index (χ1) is 10.6. The number of carbonyl (C=O) groups excluding carboxylic acids is 2. The van der Waals surface area contributed by atoms with Crippen LogP contribution in [0.25, 0.3) is 0 Å². The van der Waals surface area contributed by atoms with Gasteiger partial charge >= 0.3 is 5.97 Å². The molecule has 22 heavy (non-hydrogen) atoms. The predicted molar refractivity (Wildman–Crippen MR) is 78.6 cm³/mol. The first-order valence-corrected chi connectivity index (χ1v) is 6.75. The molecular formula is C15H16N2O5. The number of amides is 2. The number of nitrogens with zero attached hydrogens (tertiary/aromatic N) is 1. The van der Waals surface area contributed by atoms with Crippen molar-refractivity contribution in [3.63, 3.8) is 0 Å². The largest absolute Gasteiger partial charge is 0.478 e. The van der Waals surface area contributed by atoms with Crippen LogP contribution in [-0.2, 0) is 14.3 Å². The summed E-state index contributed by atoms with van der Waals surface area (Å²) in [5.41, 5.74) is 1.01. The number of hydrogen-bond donors (Lipinski definition) is 2. The lowest BCUT2D eigenvalue weighted by molar-refractivity contribution is -0.131. The van der Waals surface area contributed by atoms with E-state index in [0.717, 1.165) is 12.2 Å². The highest BCUT2D eigenvalue weighted by Crippen LogP contribution is 2.12. The van der Waals surface area contributed by atoms with Crippen LogP contribution in [0.3, 0.4) is 0 Å². The number of hydrogen-bond acceptors (Lipinski definition) is 4. The molecule has 0 saturated carbocycles. The molecule has 2 amide bonds. The zero-order chi connectivity index (χ0) is 15.9. The zero-order valence-electron chi connectivity index (χ0n) is 11.8. The number of benzene rings is 1. The Morgan fingerprint density at radius 3 is 2.32 bits per heavy atom. The molecule has 1 aromatic carbocycles. The zero-order valence-corrected chi connectivity index (χ0v) is 11.8. The molecule has 2 N–H and O–H groups in total. The number of rotatable bonds is 4. The number of anilines is 1. The highest BCUT2D eigenvalue weighted by atomic mass is 16.5. The lowest BCUT2D eigenvalue weighted by Crippen LogP contribution is -2.40. The number of carboxylic acid groups (broad SMARTS) is 1. The van der Waals surface area contributed by atoms with Gasteiger partial charge in [-0.2, -0.15) is 0 Å². The topological polar surface area (TPSA) is 95.9 Å². The van der Waals surface area contributed by atoms with E-state index in [1.165, 1.54) is 0 Å². The molecule has 1 fully saturated rings. The Labute approximate surface area is 127 Å².